The molecule has 0 amide bonds. The van der Waals surface area contributed by atoms with E-state index < -0.39 is 0 Å². The van der Waals surface area contributed by atoms with Crippen molar-refractivity contribution in [3.05, 3.63) is 225 Å². The van der Waals surface area contributed by atoms with Gasteiger partial charge in [-0.05, 0) is 84.9 Å². The molecule has 9 aromatic carbocycles. The highest BCUT2D eigenvalue weighted by molar-refractivity contribution is 6.12. The van der Waals surface area contributed by atoms with Crippen LogP contribution in [-0.4, -0.2) is 23.3 Å². The third-order valence-corrected chi connectivity index (χ3v) is 12.2. The van der Waals surface area contributed by atoms with E-state index in [1.165, 1.54) is 10.8 Å². The zero-order valence-electron chi connectivity index (χ0n) is 33.9. The van der Waals surface area contributed by atoms with Crippen molar-refractivity contribution in [1.82, 2.24) is 23.3 Å². The molecule has 4 aromatic heterocycles. The molecular formula is C56H36N6O. The molecule has 0 saturated heterocycles. The highest BCUT2D eigenvalue weighted by Gasteiger charge is 2.22. The van der Waals surface area contributed by atoms with Crippen molar-refractivity contribution in [1.29, 1.82) is 0 Å². The van der Waals surface area contributed by atoms with E-state index in [1.54, 1.807) is 0 Å². The van der Waals surface area contributed by atoms with Crippen LogP contribution in [0.5, 0.6) is 11.5 Å². The lowest BCUT2D eigenvalue weighted by Crippen LogP contribution is -2.30. The monoisotopic (exact) mass is 808 g/mol. The van der Waals surface area contributed by atoms with Gasteiger partial charge in [0.1, 0.15) is 11.5 Å². The first kappa shape index (κ1) is 35.1. The van der Waals surface area contributed by atoms with Gasteiger partial charge in [0.2, 0.25) is 5.95 Å². The van der Waals surface area contributed by atoms with Crippen LogP contribution in [0.3, 0.4) is 0 Å². The van der Waals surface area contributed by atoms with Crippen molar-refractivity contribution in [2.24, 2.45) is 0 Å². The molecule has 0 N–H and O–H groups in total. The average Bonchev–Trinajstić information content (AvgIpc) is 4.10. The Kier molecular flexibility index (Phi) is 7.77. The van der Waals surface area contributed by atoms with E-state index in [0.717, 1.165) is 95.1 Å². The van der Waals surface area contributed by atoms with Gasteiger partial charge in [-0.1, -0.05) is 127 Å². The SMILES string of the molecule is [c-]1n(-c2cccc(Oc3ccc4c5ccccc5n(-c5nc6ccccc6n5-c5ccccc5)c4c3)c2)c2ccccc2[n+]1-c1cccc2c3ccccc3n(-c3ccccc3)c12. The lowest BCUT2D eigenvalue weighted by Gasteiger charge is -2.13. The highest BCUT2D eigenvalue weighted by Crippen LogP contribution is 2.38. The third-order valence-electron chi connectivity index (χ3n) is 12.2. The molecule has 0 radical (unpaired) electrons. The summed E-state index contributed by atoms with van der Waals surface area (Å²) in [5, 5.41) is 4.67. The van der Waals surface area contributed by atoms with Crippen molar-refractivity contribution < 1.29 is 9.30 Å². The zero-order valence-corrected chi connectivity index (χ0v) is 33.9. The molecule has 0 fully saturated rings. The summed E-state index contributed by atoms with van der Waals surface area (Å²) in [6.07, 6.45) is 3.77. The number of nitrogens with zero attached hydrogens (tertiary/aromatic N) is 6. The highest BCUT2D eigenvalue weighted by atomic mass is 16.5. The number of benzene rings is 9. The fourth-order valence-corrected chi connectivity index (χ4v) is 9.50. The molecule has 0 unspecified atom stereocenters. The number of hydrogen-bond acceptors (Lipinski definition) is 2. The fourth-order valence-electron chi connectivity index (χ4n) is 9.50. The number of para-hydroxylation sites is 9. The quantitative estimate of drug-likeness (QED) is 0.119. The largest absolute Gasteiger partial charge is 0.458 e. The number of aromatic nitrogens is 6. The molecule has 0 saturated carbocycles. The second-order valence-electron chi connectivity index (χ2n) is 15.8. The third kappa shape index (κ3) is 5.46. The fraction of sp³-hybridized carbons (Fsp3) is 0. The number of fused-ring (bicyclic) bond motifs is 8. The molecule has 13 rings (SSSR count). The van der Waals surface area contributed by atoms with Crippen LogP contribution in [0, 0.1) is 6.33 Å². The van der Waals surface area contributed by atoms with Gasteiger partial charge in [0.05, 0.1) is 55.5 Å². The lowest BCUT2D eigenvalue weighted by molar-refractivity contribution is -0.571. The van der Waals surface area contributed by atoms with Crippen molar-refractivity contribution in [2.45, 2.75) is 0 Å². The van der Waals surface area contributed by atoms with Gasteiger partial charge in [-0.25, -0.2) is 4.98 Å². The van der Waals surface area contributed by atoms with Gasteiger partial charge in [-0.15, -0.1) is 0 Å². The Hall–Kier alpha value is -8.68. The first-order valence-electron chi connectivity index (χ1n) is 21.1. The predicted octanol–water partition coefficient (Wildman–Crippen LogP) is 13.0. The Morgan fingerprint density at radius 3 is 1.76 bits per heavy atom. The van der Waals surface area contributed by atoms with E-state index in [-0.39, 0.29) is 0 Å². The van der Waals surface area contributed by atoms with Gasteiger partial charge >= 0.3 is 0 Å². The van der Waals surface area contributed by atoms with Crippen molar-refractivity contribution >= 4 is 65.7 Å². The maximum atomic E-state index is 6.79. The molecule has 4 heterocycles. The molecule has 0 bridgehead atoms. The second kappa shape index (κ2) is 13.9. The molecule has 0 spiro atoms. The van der Waals surface area contributed by atoms with Crippen molar-refractivity contribution in [3.8, 4) is 40.2 Å². The van der Waals surface area contributed by atoms with E-state index in [0.29, 0.717) is 0 Å². The van der Waals surface area contributed by atoms with E-state index in [1.807, 2.05) is 24.3 Å². The maximum absolute atomic E-state index is 6.79. The minimum absolute atomic E-state index is 0.718. The summed E-state index contributed by atoms with van der Waals surface area (Å²) in [4.78, 5) is 5.26. The summed E-state index contributed by atoms with van der Waals surface area (Å²) in [5.74, 6) is 2.26. The molecule has 7 heteroatoms. The van der Waals surface area contributed by atoms with E-state index in [9.17, 15) is 0 Å². The van der Waals surface area contributed by atoms with Crippen LogP contribution < -0.4 is 9.30 Å². The Labute approximate surface area is 361 Å². The zero-order chi connectivity index (χ0) is 41.4. The van der Waals surface area contributed by atoms with Crippen LogP contribution in [0.15, 0.2) is 218 Å². The lowest BCUT2D eigenvalue weighted by atomic mass is 10.1. The van der Waals surface area contributed by atoms with Gasteiger partial charge in [-0.3, -0.25) is 18.3 Å². The van der Waals surface area contributed by atoms with Gasteiger partial charge in [0.25, 0.3) is 6.33 Å². The van der Waals surface area contributed by atoms with Gasteiger partial charge in [0.15, 0.2) is 0 Å². The van der Waals surface area contributed by atoms with E-state index in [2.05, 4.69) is 223 Å². The van der Waals surface area contributed by atoms with Gasteiger partial charge < -0.3 is 9.30 Å². The van der Waals surface area contributed by atoms with Crippen LogP contribution in [0.2, 0.25) is 0 Å². The number of hydrogen-bond donors (Lipinski definition) is 0. The van der Waals surface area contributed by atoms with Crippen LogP contribution in [-0.2, 0) is 0 Å². The summed E-state index contributed by atoms with van der Waals surface area (Å²) >= 11 is 0. The summed E-state index contributed by atoms with van der Waals surface area (Å²) in [5.41, 5.74) is 12.5. The van der Waals surface area contributed by atoms with Crippen LogP contribution in [0.1, 0.15) is 0 Å². The summed E-state index contributed by atoms with van der Waals surface area (Å²) in [6.45, 7) is 0. The van der Waals surface area contributed by atoms with Gasteiger partial charge in [-0.2, -0.15) is 0 Å². The Morgan fingerprint density at radius 1 is 0.397 bits per heavy atom. The van der Waals surface area contributed by atoms with Crippen LogP contribution >= 0.6 is 0 Å². The molecule has 296 valence electrons. The molecule has 63 heavy (non-hydrogen) atoms. The molecule has 0 aliphatic rings. The molecule has 0 aliphatic heterocycles. The number of imidazole rings is 2. The summed E-state index contributed by atoms with van der Waals surface area (Å²) < 4.78 is 18.0. The Balaban J connectivity index is 0.941. The maximum Gasteiger partial charge on any atom is 0.269 e. The smallest absolute Gasteiger partial charge is 0.269 e. The minimum Gasteiger partial charge on any atom is -0.458 e. The first-order valence-corrected chi connectivity index (χ1v) is 21.1. The molecule has 0 atom stereocenters. The summed E-state index contributed by atoms with van der Waals surface area (Å²) in [7, 11) is 0. The Bertz CT molecular complexity index is 3890. The minimum atomic E-state index is 0.718. The average molecular weight is 809 g/mol. The van der Waals surface area contributed by atoms with Gasteiger partial charge in [0, 0.05) is 39.0 Å². The van der Waals surface area contributed by atoms with Crippen LogP contribution in [0.4, 0.5) is 0 Å². The molecule has 7 nitrogen and oxygen atoms in total. The van der Waals surface area contributed by atoms with E-state index >= 15 is 0 Å². The first-order chi connectivity index (χ1) is 31.3. The normalized spacial score (nSPS) is 11.8. The van der Waals surface area contributed by atoms with Crippen molar-refractivity contribution in [3.63, 3.8) is 0 Å². The Morgan fingerprint density at radius 2 is 0.968 bits per heavy atom. The summed E-state index contributed by atoms with van der Waals surface area (Å²) in [6, 6.07) is 76.2. The molecular weight excluding hydrogens is 773 g/mol. The topological polar surface area (TPSA) is 45.7 Å². The number of ether oxygens (including phenoxy) is 1. The molecule has 13 aromatic rings. The molecule has 0 aliphatic carbocycles. The van der Waals surface area contributed by atoms with Crippen LogP contribution in [0.25, 0.3) is 94.4 Å². The van der Waals surface area contributed by atoms with Crippen molar-refractivity contribution in [2.75, 3.05) is 0 Å². The number of rotatable bonds is 7. The van der Waals surface area contributed by atoms with E-state index in [4.69, 9.17) is 9.72 Å². The second-order valence-corrected chi connectivity index (χ2v) is 15.8. The predicted molar refractivity (Wildman–Crippen MR) is 253 cm³/mol. The standard InChI is InChI=1S/C56H36N6O/c1-3-17-38(18-4-1)60-48-27-10-8-24-44(48)46-25-16-32-53(55(46)60)59-37-58(51-30-13-14-31-52(51)59)40-21-15-22-41(35-40)63-42-33-34-45-43-23-7-11-28-49(43)62(54(45)36-42)56-57-47-26-9-12-29-50(47)61(56)39-19-5-2-6-20-39/h1-36H.